The fourth-order valence-corrected chi connectivity index (χ4v) is 2.47. The van der Waals surface area contributed by atoms with Gasteiger partial charge in [0.05, 0.1) is 13.7 Å². The van der Waals surface area contributed by atoms with E-state index in [1.807, 2.05) is 13.8 Å². The molecule has 2 aromatic rings. The molecule has 1 heterocycles. The summed E-state index contributed by atoms with van der Waals surface area (Å²) < 4.78 is 10.7. The second kappa shape index (κ2) is 10.2. The highest BCUT2D eigenvalue weighted by atomic mass is 16.5. The van der Waals surface area contributed by atoms with Gasteiger partial charge in [-0.05, 0) is 50.2 Å². The number of aromatic nitrogens is 1. The Hall–Kier alpha value is -3.09. The molecule has 0 radical (unpaired) electrons. The molecule has 0 unspecified atom stereocenters. The number of carbonyl (C=O) groups is 2. The van der Waals surface area contributed by atoms with Crippen LogP contribution in [0.5, 0.6) is 11.5 Å². The summed E-state index contributed by atoms with van der Waals surface area (Å²) in [6.45, 7) is 5.66. The van der Waals surface area contributed by atoms with Gasteiger partial charge >= 0.3 is 0 Å². The van der Waals surface area contributed by atoms with Crippen LogP contribution in [0.15, 0.2) is 42.6 Å². The molecule has 0 aliphatic heterocycles. The van der Waals surface area contributed by atoms with E-state index >= 15 is 0 Å². The summed E-state index contributed by atoms with van der Waals surface area (Å²) in [7, 11) is 1.60. The van der Waals surface area contributed by atoms with Gasteiger partial charge in [0, 0.05) is 24.8 Å². The van der Waals surface area contributed by atoms with Crippen molar-refractivity contribution in [2.75, 3.05) is 33.4 Å². The van der Waals surface area contributed by atoms with Crippen LogP contribution in [0, 0.1) is 0 Å². The van der Waals surface area contributed by atoms with Gasteiger partial charge in [-0.2, -0.15) is 0 Å². The van der Waals surface area contributed by atoms with Crippen LogP contribution in [-0.4, -0.2) is 55.0 Å². The summed E-state index contributed by atoms with van der Waals surface area (Å²) in [5, 5.41) is 2.77. The number of hydrogen-bond acceptors (Lipinski definition) is 5. The molecule has 7 heteroatoms. The lowest BCUT2D eigenvalue weighted by atomic mass is 10.2. The smallest absolute Gasteiger partial charge is 0.272 e. The van der Waals surface area contributed by atoms with E-state index in [1.165, 1.54) is 12.3 Å². The van der Waals surface area contributed by atoms with E-state index in [4.69, 9.17) is 9.47 Å². The average molecular weight is 371 g/mol. The van der Waals surface area contributed by atoms with Crippen LogP contribution in [-0.2, 0) is 0 Å². The first kappa shape index (κ1) is 20.2. The molecular formula is C20H25N3O4. The molecule has 1 aromatic heterocycles. The quantitative estimate of drug-likeness (QED) is 0.685. The minimum absolute atomic E-state index is 0.183. The fourth-order valence-electron chi connectivity index (χ4n) is 2.47. The Labute approximate surface area is 159 Å². The summed E-state index contributed by atoms with van der Waals surface area (Å²) in [5.74, 6) is 0.992. The van der Waals surface area contributed by atoms with Crippen molar-refractivity contribution in [1.82, 2.24) is 15.2 Å². The minimum Gasteiger partial charge on any atom is -0.497 e. The summed E-state index contributed by atoms with van der Waals surface area (Å²) in [6.07, 6.45) is 1.47. The molecule has 0 saturated heterocycles. The molecule has 0 aliphatic carbocycles. The van der Waals surface area contributed by atoms with Crippen LogP contribution in [0.2, 0.25) is 0 Å². The van der Waals surface area contributed by atoms with Gasteiger partial charge in [-0.15, -0.1) is 0 Å². The van der Waals surface area contributed by atoms with E-state index in [0.717, 1.165) is 5.75 Å². The van der Waals surface area contributed by atoms with Gasteiger partial charge in [0.25, 0.3) is 11.8 Å². The lowest BCUT2D eigenvalue weighted by molar-refractivity contribution is 0.0767. The third kappa shape index (κ3) is 5.70. The maximum absolute atomic E-state index is 12.3. The molecule has 1 aromatic carbocycles. The third-order valence-corrected chi connectivity index (χ3v) is 4.01. The van der Waals surface area contributed by atoms with Crippen LogP contribution in [0.4, 0.5) is 0 Å². The monoisotopic (exact) mass is 371 g/mol. The van der Waals surface area contributed by atoms with E-state index in [0.29, 0.717) is 37.6 Å². The molecule has 0 aliphatic rings. The Balaban J connectivity index is 1.86. The van der Waals surface area contributed by atoms with Gasteiger partial charge in [-0.1, -0.05) is 0 Å². The number of amides is 2. The van der Waals surface area contributed by atoms with Crippen LogP contribution < -0.4 is 14.8 Å². The van der Waals surface area contributed by atoms with E-state index in [1.54, 1.807) is 42.3 Å². The number of pyridine rings is 1. The van der Waals surface area contributed by atoms with E-state index in [9.17, 15) is 9.59 Å². The van der Waals surface area contributed by atoms with Gasteiger partial charge < -0.3 is 19.7 Å². The zero-order chi connectivity index (χ0) is 19.6. The first-order valence-corrected chi connectivity index (χ1v) is 8.89. The van der Waals surface area contributed by atoms with Gasteiger partial charge in [0.2, 0.25) is 0 Å². The van der Waals surface area contributed by atoms with Gasteiger partial charge in [0.15, 0.2) is 0 Å². The van der Waals surface area contributed by atoms with Gasteiger partial charge in [-0.25, -0.2) is 0 Å². The number of benzene rings is 1. The first-order valence-electron chi connectivity index (χ1n) is 8.89. The third-order valence-electron chi connectivity index (χ3n) is 4.01. The number of rotatable bonds is 9. The fraction of sp³-hybridized carbons (Fsp3) is 0.350. The molecule has 0 saturated carbocycles. The number of nitrogens with zero attached hydrogens (tertiary/aromatic N) is 2. The molecule has 1 N–H and O–H groups in total. The number of hydrogen-bond donors (Lipinski definition) is 1. The molecule has 144 valence electrons. The second-order valence-electron chi connectivity index (χ2n) is 5.69. The molecule has 27 heavy (non-hydrogen) atoms. The summed E-state index contributed by atoms with van der Waals surface area (Å²) >= 11 is 0. The topological polar surface area (TPSA) is 80.8 Å². The highest BCUT2D eigenvalue weighted by Gasteiger charge is 2.16. The standard InChI is InChI=1S/C20H25N3O4/c1-4-23(5-2)20(25)18-14-15(10-11-21-18)19(24)22-12-13-27-17-8-6-16(26-3)7-9-17/h6-11,14H,4-5,12-13H2,1-3H3,(H,22,24). The molecular weight excluding hydrogens is 346 g/mol. The minimum atomic E-state index is -0.274. The molecule has 0 fully saturated rings. The Kier molecular flexibility index (Phi) is 7.61. The van der Waals surface area contributed by atoms with Gasteiger partial charge in [-0.3, -0.25) is 14.6 Å². The highest BCUT2D eigenvalue weighted by molar-refractivity contribution is 5.98. The molecule has 2 rings (SSSR count). The van der Waals surface area contributed by atoms with Crippen molar-refractivity contribution in [3.63, 3.8) is 0 Å². The largest absolute Gasteiger partial charge is 0.497 e. The normalized spacial score (nSPS) is 10.2. The Morgan fingerprint density at radius 3 is 2.37 bits per heavy atom. The van der Waals surface area contributed by atoms with Crippen LogP contribution in [0.25, 0.3) is 0 Å². The lowest BCUT2D eigenvalue weighted by Crippen LogP contribution is -2.32. The van der Waals surface area contributed by atoms with Crippen LogP contribution in [0.3, 0.4) is 0 Å². The van der Waals surface area contributed by atoms with Crippen LogP contribution >= 0.6 is 0 Å². The van der Waals surface area contributed by atoms with Crippen LogP contribution in [0.1, 0.15) is 34.7 Å². The molecule has 0 spiro atoms. The number of methoxy groups -OCH3 is 1. The predicted molar refractivity (Wildman–Crippen MR) is 102 cm³/mol. The SMILES string of the molecule is CCN(CC)C(=O)c1cc(C(=O)NCCOc2ccc(OC)cc2)ccn1. The van der Waals surface area contributed by atoms with Crippen molar-refractivity contribution in [2.45, 2.75) is 13.8 Å². The number of nitrogens with one attached hydrogen (secondary N) is 1. The lowest BCUT2D eigenvalue weighted by Gasteiger charge is -2.18. The summed E-state index contributed by atoms with van der Waals surface area (Å²) in [6, 6.07) is 10.3. The molecule has 0 atom stereocenters. The molecule has 2 amide bonds. The van der Waals surface area contributed by atoms with E-state index in [-0.39, 0.29) is 17.5 Å². The van der Waals surface area contributed by atoms with E-state index in [2.05, 4.69) is 10.3 Å². The Bertz CT molecular complexity index is 758. The van der Waals surface area contributed by atoms with Crippen molar-refractivity contribution in [3.05, 3.63) is 53.9 Å². The maximum atomic E-state index is 12.3. The van der Waals surface area contributed by atoms with Crippen molar-refractivity contribution in [3.8, 4) is 11.5 Å². The van der Waals surface area contributed by atoms with Crippen molar-refractivity contribution < 1.29 is 19.1 Å². The molecule has 0 bridgehead atoms. The van der Waals surface area contributed by atoms with Crippen molar-refractivity contribution in [2.24, 2.45) is 0 Å². The Morgan fingerprint density at radius 1 is 1.07 bits per heavy atom. The average Bonchev–Trinajstić information content (AvgIpc) is 2.72. The first-order chi connectivity index (χ1) is 13.1. The number of carbonyl (C=O) groups excluding carboxylic acids is 2. The second-order valence-corrected chi connectivity index (χ2v) is 5.69. The van der Waals surface area contributed by atoms with E-state index < -0.39 is 0 Å². The summed E-state index contributed by atoms with van der Waals surface area (Å²) in [5.41, 5.74) is 0.658. The van der Waals surface area contributed by atoms with Gasteiger partial charge in [0.1, 0.15) is 23.8 Å². The zero-order valence-corrected chi connectivity index (χ0v) is 15.9. The molecule has 7 nitrogen and oxygen atoms in total. The number of ether oxygens (including phenoxy) is 2. The highest BCUT2D eigenvalue weighted by Crippen LogP contribution is 2.16. The van der Waals surface area contributed by atoms with Crippen molar-refractivity contribution >= 4 is 11.8 Å². The predicted octanol–water partition coefficient (Wildman–Crippen LogP) is 2.38. The summed E-state index contributed by atoms with van der Waals surface area (Å²) in [4.78, 5) is 30.4. The Morgan fingerprint density at radius 2 is 1.74 bits per heavy atom. The van der Waals surface area contributed by atoms with Crippen molar-refractivity contribution in [1.29, 1.82) is 0 Å². The maximum Gasteiger partial charge on any atom is 0.272 e. The zero-order valence-electron chi connectivity index (χ0n) is 15.9.